The first kappa shape index (κ1) is 56.9. The van der Waals surface area contributed by atoms with Crippen molar-refractivity contribution in [1.29, 1.82) is 0 Å². The van der Waals surface area contributed by atoms with Crippen molar-refractivity contribution in [1.82, 2.24) is 58.6 Å². The first-order valence-corrected chi connectivity index (χ1v) is 27.3. The molecule has 3 fully saturated rings. The van der Waals surface area contributed by atoms with Crippen LogP contribution in [0, 0.1) is 5.92 Å². The summed E-state index contributed by atoms with van der Waals surface area (Å²) in [7, 11) is 3.72. The van der Waals surface area contributed by atoms with E-state index >= 15 is 0 Å². The van der Waals surface area contributed by atoms with Crippen molar-refractivity contribution < 1.29 is 38.1 Å². The number of anilines is 2. The van der Waals surface area contributed by atoms with E-state index in [1.807, 2.05) is 116 Å². The van der Waals surface area contributed by atoms with Crippen LogP contribution >= 0.6 is 0 Å². The van der Waals surface area contributed by atoms with Gasteiger partial charge in [0.05, 0.1) is 36.2 Å². The SMILES string of the molecule is Cn1cc(-c2cnn3c(N(CC4CCCC4)C(=O)OC(C)(C)C)cc(C4CCCN(C(=O)OC(C)(C)C)C4)nc23)cn1.Cn1cc(-c2cnn3c(NC(=O)OC(C)(C)C)cc(C4CCCN(C(=O)OC(C)(C)C)C4)nc23)cn1. The topological polar surface area (TPSA) is 223 Å². The van der Waals surface area contributed by atoms with Crippen LogP contribution in [0.3, 0.4) is 0 Å². The molecule has 0 aromatic carbocycles. The summed E-state index contributed by atoms with van der Waals surface area (Å²) >= 11 is 0. The molecule has 422 valence electrons. The number of fused-ring (bicyclic) bond motifs is 2. The first-order valence-electron chi connectivity index (χ1n) is 27.3. The van der Waals surface area contributed by atoms with Crippen molar-refractivity contribution in [2.45, 2.75) is 169 Å². The number of hydrogen-bond donors (Lipinski definition) is 1. The lowest BCUT2D eigenvalue weighted by atomic mass is 9.94. The van der Waals surface area contributed by atoms with Gasteiger partial charge in [-0.2, -0.15) is 29.4 Å². The van der Waals surface area contributed by atoms with E-state index < -0.39 is 34.6 Å². The molecule has 2 aliphatic heterocycles. The summed E-state index contributed by atoms with van der Waals surface area (Å²) < 4.78 is 29.5. The first-order chi connectivity index (χ1) is 36.6. The van der Waals surface area contributed by atoms with Gasteiger partial charge >= 0.3 is 24.4 Å². The van der Waals surface area contributed by atoms with Gasteiger partial charge in [0.1, 0.15) is 34.0 Å². The van der Waals surface area contributed by atoms with Crippen LogP contribution in [0.2, 0.25) is 0 Å². The lowest BCUT2D eigenvalue weighted by Gasteiger charge is -2.34. The summed E-state index contributed by atoms with van der Waals surface area (Å²) in [5.74, 6) is 1.38. The van der Waals surface area contributed by atoms with Crippen molar-refractivity contribution in [2.75, 3.05) is 42.9 Å². The Kier molecular flexibility index (Phi) is 16.5. The van der Waals surface area contributed by atoms with Crippen molar-refractivity contribution >= 4 is 47.3 Å². The molecule has 9 rings (SSSR count). The van der Waals surface area contributed by atoms with E-state index in [4.69, 9.17) is 34.0 Å². The van der Waals surface area contributed by atoms with Gasteiger partial charge in [-0.05, 0) is 128 Å². The standard InChI is InChI=1S/C31H45N7O4.C25H35N7O4/c1-30(2,3)41-28(39)36-14-10-13-22(20-36)25-15-26(37(18-21-11-8-9-12-21)29(40)42-31(4,5)6)38-27(34-25)24(17-33-38)23-16-32-35(7)19-23;1-24(2,3)35-22(33)29-20-11-19(16-9-8-10-31(15-16)23(34)36-25(4,5)6)28-21-18(13-27-32(20)21)17-12-26-30(7)14-17/h15-17,19,21-22H,8-14,18,20H2,1-7H3;11-14,16H,8-10,15H2,1-7H3,(H,29,33). The highest BCUT2D eigenvalue weighted by molar-refractivity contribution is 5.89. The molecule has 2 atom stereocenters. The Hall–Kier alpha value is -7.26. The van der Waals surface area contributed by atoms with Gasteiger partial charge in [-0.1, -0.05) is 12.8 Å². The average Bonchev–Trinajstić information content (AvgIpc) is 4.36. The fourth-order valence-electron chi connectivity index (χ4n) is 10.0. The molecule has 22 heteroatoms. The van der Waals surface area contributed by atoms with Gasteiger partial charge in [0.15, 0.2) is 11.3 Å². The predicted octanol–water partition coefficient (Wildman–Crippen LogP) is 10.8. The third kappa shape index (κ3) is 14.5. The van der Waals surface area contributed by atoms with Crippen LogP contribution in [0.15, 0.2) is 49.3 Å². The third-order valence-corrected chi connectivity index (χ3v) is 13.4. The van der Waals surface area contributed by atoms with Gasteiger partial charge in [0, 0.05) is 105 Å². The number of amides is 4. The maximum absolute atomic E-state index is 13.8. The van der Waals surface area contributed by atoms with Crippen LogP contribution in [0.4, 0.5) is 30.8 Å². The number of aromatic nitrogens is 10. The number of carbonyl (C=O) groups is 4. The second kappa shape index (κ2) is 22.6. The Morgan fingerprint density at radius 3 is 1.50 bits per heavy atom. The summed E-state index contributed by atoms with van der Waals surface area (Å²) in [6.07, 6.45) is 17.1. The monoisotopic (exact) mass is 1080 g/mol. The Balaban J connectivity index is 0.000000208. The van der Waals surface area contributed by atoms with Gasteiger partial charge in [-0.3, -0.25) is 19.6 Å². The van der Waals surface area contributed by atoms with Crippen molar-refractivity contribution in [3.05, 3.63) is 60.7 Å². The summed E-state index contributed by atoms with van der Waals surface area (Å²) in [5.41, 5.74) is 3.73. The van der Waals surface area contributed by atoms with E-state index in [1.54, 1.807) is 63.9 Å². The van der Waals surface area contributed by atoms with E-state index in [0.29, 0.717) is 61.6 Å². The van der Waals surface area contributed by atoms with Crippen LogP contribution in [0.5, 0.6) is 0 Å². The molecule has 0 bridgehead atoms. The van der Waals surface area contributed by atoms with Crippen LogP contribution in [-0.2, 0) is 33.0 Å². The van der Waals surface area contributed by atoms with Crippen LogP contribution in [0.1, 0.15) is 158 Å². The van der Waals surface area contributed by atoms with Gasteiger partial charge in [0.25, 0.3) is 0 Å². The molecule has 1 saturated carbocycles. The smallest absolute Gasteiger partial charge is 0.416 e. The van der Waals surface area contributed by atoms with Crippen molar-refractivity contribution in [3.63, 3.8) is 0 Å². The minimum Gasteiger partial charge on any atom is -0.444 e. The van der Waals surface area contributed by atoms with Gasteiger partial charge < -0.3 is 28.7 Å². The van der Waals surface area contributed by atoms with E-state index in [0.717, 1.165) is 72.2 Å². The van der Waals surface area contributed by atoms with Gasteiger partial charge in [-0.15, -0.1) is 0 Å². The highest BCUT2D eigenvalue weighted by Gasteiger charge is 2.35. The minimum absolute atomic E-state index is 0.0290. The largest absolute Gasteiger partial charge is 0.444 e. The molecule has 6 aromatic heterocycles. The normalized spacial score (nSPS) is 17.7. The zero-order valence-corrected chi connectivity index (χ0v) is 48.1. The van der Waals surface area contributed by atoms with Crippen LogP contribution < -0.4 is 10.2 Å². The molecule has 8 heterocycles. The molecule has 0 radical (unpaired) electrons. The molecule has 3 aliphatic rings. The molecule has 6 aromatic rings. The third-order valence-electron chi connectivity index (χ3n) is 13.4. The highest BCUT2D eigenvalue weighted by atomic mass is 16.6. The quantitative estimate of drug-likeness (QED) is 0.140. The summed E-state index contributed by atoms with van der Waals surface area (Å²) in [6.45, 7) is 25.1. The molecule has 2 saturated heterocycles. The maximum atomic E-state index is 13.8. The van der Waals surface area contributed by atoms with Crippen molar-refractivity contribution in [3.8, 4) is 22.3 Å². The predicted molar refractivity (Wildman–Crippen MR) is 295 cm³/mol. The molecule has 1 aliphatic carbocycles. The molecule has 22 nitrogen and oxygen atoms in total. The number of piperidine rings is 2. The van der Waals surface area contributed by atoms with Crippen LogP contribution in [-0.4, -0.2) is 138 Å². The second-order valence-electron chi connectivity index (χ2n) is 24.9. The second-order valence-corrected chi connectivity index (χ2v) is 24.9. The highest BCUT2D eigenvalue weighted by Crippen LogP contribution is 2.36. The number of aryl methyl sites for hydroxylation is 2. The Labute approximate surface area is 457 Å². The zero-order chi connectivity index (χ0) is 56.5. The van der Waals surface area contributed by atoms with Gasteiger partial charge in [0.2, 0.25) is 0 Å². The molecular formula is C56H80N14O8. The number of rotatable bonds is 8. The molecule has 0 spiro atoms. The number of hydrogen-bond acceptors (Lipinski definition) is 14. The molecule has 4 amide bonds. The van der Waals surface area contributed by atoms with E-state index in [1.165, 1.54) is 12.8 Å². The molecule has 78 heavy (non-hydrogen) atoms. The average molecular weight is 1080 g/mol. The van der Waals surface area contributed by atoms with E-state index in [-0.39, 0.29) is 24.0 Å². The number of carbonyl (C=O) groups excluding carboxylic acids is 4. The molecular weight excluding hydrogens is 997 g/mol. The van der Waals surface area contributed by atoms with Crippen LogP contribution in [0.25, 0.3) is 33.5 Å². The number of ether oxygens (including phenoxy) is 4. The number of likely N-dealkylation sites (tertiary alicyclic amines) is 2. The lowest BCUT2D eigenvalue weighted by Crippen LogP contribution is -2.42. The Bertz CT molecular complexity index is 3100. The summed E-state index contributed by atoms with van der Waals surface area (Å²) in [6, 6.07) is 3.77. The van der Waals surface area contributed by atoms with E-state index in [2.05, 4.69) is 20.6 Å². The molecule has 2 unspecified atom stereocenters. The number of nitrogens with one attached hydrogen (secondary N) is 1. The Morgan fingerprint density at radius 1 is 0.577 bits per heavy atom. The fourth-order valence-corrected chi connectivity index (χ4v) is 10.0. The van der Waals surface area contributed by atoms with E-state index in [9.17, 15) is 19.2 Å². The van der Waals surface area contributed by atoms with Crippen molar-refractivity contribution in [2.24, 2.45) is 20.0 Å². The summed E-state index contributed by atoms with van der Waals surface area (Å²) in [4.78, 5) is 67.5. The summed E-state index contributed by atoms with van der Waals surface area (Å²) in [5, 5.41) is 20.7. The zero-order valence-electron chi connectivity index (χ0n) is 48.1. The Morgan fingerprint density at radius 2 is 1.04 bits per heavy atom. The van der Waals surface area contributed by atoms with Gasteiger partial charge in [-0.25, -0.2) is 29.1 Å². The fraction of sp³-hybridized carbons (Fsp3) is 0.607. The number of nitrogens with zero attached hydrogens (tertiary/aromatic N) is 13. The minimum atomic E-state index is -0.651. The lowest BCUT2D eigenvalue weighted by molar-refractivity contribution is 0.0187. The maximum Gasteiger partial charge on any atom is 0.416 e. The molecule has 1 N–H and O–H groups in total.